The van der Waals surface area contributed by atoms with Gasteiger partial charge in [0.05, 0.1) is 0 Å². The van der Waals surface area contributed by atoms with Gasteiger partial charge in [0.25, 0.3) is 0 Å². The molecule has 4 aliphatic rings. The number of rotatable bonds is 4. The van der Waals surface area contributed by atoms with Gasteiger partial charge in [0.15, 0.2) is 0 Å². The summed E-state index contributed by atoms with van der Waals surface area (Å²) in [5, 5.41) is 0. The van der Waals surface area contributed by atoms with Crippen LogP contribution in [-0.2, 0) is 5.41 Å². The van der Waals surface area contributed by atoms with Gasteiger partial charge in [-0.25, -0.2) is 0 Å². The normalized spacial score (nSPS) is 14.3. The molecule has 2 nitrogen and oxygen atoms in total. The molecule has 0 saturated carbocycles. The van der Waals surface area contributed by atoms with E-state index in [2.05, 4.69) is 235 Å². The lowest BCUT2D eigenvalue weighted by Gasteiger charge is -2.48. The Kier molecular flexibility index (Phi) is 7.27. The van der Waals surface area contributed by atoms with Crippen LogP contribution in [-0.4, -0.2) is 6.98 Å². The molecule has 0 fully saturated rings. The van der Waals surface area contributed by atoms with Gasteiger partial charge in [-0.15, -0.1) is 0 Å². The molecule has 0 radical (unpaired) electrons. The van der Waals surface area contributed by atoms with Gasteiger partial charge < -0.3 is 9.62 Å². The number of hydrogen-bond acceptors (Lipinski definition) is 2. The molecule has 0 amide bonds. The first-order valence-corrected chi connectivity index (χ1v) is 21.4. The molecule has 9 aromatic rings. The molecule has 0 aromatic heterocycles. The lowest BCUT2D eigenvalue weighted by molar-refractivity contribution is 0.714. The van der Waals surface area contributed by atoms with E-state index in [0.29, 0.717) is 0 Å². The minimum absolute atomic E-state index is 0.136. The maximum absolute atomic E-state index is 2.59. The molecule has 13 rings (SSSR count). The zero-order valence-electron chi connectivity index (χ0n) is 33.8. The van der Waals surface area contributed by atoms with Crippen LogP contribution in [0.15, 0.2) is 212 Å². The second-order valence-corrected chi connectivity index (χ2v) is 16.9. The van der Waals surface area contributed by atoms with Crippen molar-refractivity contribution in [3.05, 3.63) is 246 Å². The molecule has 9 aromatic carbocycles. The van der Waals surface area contributed by atoms with Gasteiger partial charge in [0.1, 0.15) is 0 Å². The summed E-state index contributed by atoms with van der Waals surface area (Å²) >= 11 is 0. The van der Waals surface area contributed by atoms with Gasteiger partial charge >= 0.3 is 6.98 Å². The lowest BCUT2D eigenvalue weighted by atomic mass is 9.53. The Hall–Kier alpha value is -7.62. The highest BCUT2D eigenvalue weighted by Crippen LogP contribution is 2.55. The monoisotopic (exact) mass is 774 g/mol. The van der Waals surface area contributed by atoms with E-state index in [0.717, 1.165) is 11.4 Å². The van der Waals surface area contributed by atoms with Crippen molar-refractivity contribution in [3.8, 4) is 44.5 Å². The molecule has 0 bridgehead atoms. The van der Waals surface area contributed by atoms with Gasteiger partial charge in [-0.05, 0) is 139 Å². The molecule has 0 spiro atoms. The minimum Gasteiger partial charge on any atom is -0.361 e. The molecule has 2 aliphatic carbocycles. The fourth-order valence-electron chi connectivity index (χ4n) is 11.2. The number of para-hydroxylation sites is 2. The maximum Gasteiger partial charge on any atom is 0.421 e. The van der Waals surface area contributed by atoms with E-state index in [4.69, 9.17) is 0 Å². The summed E-state index contributed by atoms with van der Waals surface area (Å²) in [6, 6.07) is 79.0. The van der Waals surface area contributed by atoms with Gasteiger partial charge in [-0.3, -0.25) is 0 Å². The van der Waals surface area contributed by atoms with Crippen LogP contribution in [0.3, 0.4) is 0 Å². The van der Waals surface area contributed by atoms with Gasteiger partial charge in [-0.2, -0.15) is 0 Å². The number of anilines is 4. The Balaban J connectivity index is 1.06. The van der Waals surface area contributed by atoms with E-state index in [-0.39, 0.29) is 12.4 Å². The number of benzene rings is 9. The Morgan fingerprint density at radius 1 is 0.377 bits per heavy atom. The molecule has 2 aliphatic heterocycles. The Bertz CT molecular complexity index is 3200. The van der Waals surface area contributed by atoms with Crippen molar-refractivity contribution in [2.24, 2.45) is 0 Å². The van der Waals surface area contributed by atoms with E-state index in [1.807, 2.05) is 0 Å². The largest absolute Gasteiger partial charge is 0.421 e. The Morgan fingerprint density at radius 2 is 0.820 bits per heavy atom. The van der Waals surface area contributed by atoms with Crippen molar-refractivity contribution < 1.29 is 0 Å². The van der Waals surface area contributed by atoms with E-state index in [1.165, 1.54) is 100 Å². The molecule has 0 atom stereocenters. The summed E-state index contributed by atoms with van der Waals surface area (Å²) in [4.78, 5) is 5.16. The Morgan fingerprint density at radius 3 is 1.38 bits per heavy atom. The van der Waals surface area contributed by atoms with Crippen LogP contribution < -0.4 is 15.1 Å². The first-order chi connectivity index (χ1) is 30.2. The van der Waals surface area contributed by atoms with E-state index in [9.17, 15) is 0 Å². The van der Waals surface area contributed by atoms with Crippen molar-refractivity contribution in [1.82, 2.24) is 0 Å². The average molecular weight is 775 g/mol. The summed E-state index contributed by atoms with van der Waals surface area (Å²) in [5.74, 6) is 0. The first-order valence-electron chi connectivity index (χ1n) is 21.4. The summed E-state index contributed by atoms with van der Waals surface area (Å²) < 4.78 is 0. The van der Waals surface area contributed by atoms with Crippen LogP contribution in [0.25, 0.3) is 56.2 Å². The SMILES string of the molecule is CC1(c2ccc3c(c2)-c2cccc4c2B(N(c2ccccc2)c2ccc(C=C5c6ccccc6-c6ccccc65)cc2-4)N3c2ccccc2)c2ccccc2-c2ccccc21. The quantitative estimate of drug-likeness (QED) is 0.164. The second kappa shape index (κ2) is 12.9. The molecule has 61 heavy (non-hydrogen) atoms. The number of hydrogen-bond donors (Lipinski definition) is 0. The van der Waals surface area contributed by atoms with E-state index < -0.39 is 0 Å². The smallest absolute Gasteiger partial charge is 0.361 e. The highest BCUT2D eigenvalue weighted by molar-refractivity contribution is 6.86. The molecule has 0 unspecified atom stereocenters. The highest BCUT2D eigenvalue weighted by atomic mass is 15.2. The lowest BCUT2D eigenvalue weighted by Crippen LogP contribution is -2.61. The zero-order valence-corrected chi connectivity index (χ0v) is 33.8. The third kappa shape index (κ3) is 4.80. The topological polar surface area (TPSA) is 6.48 Å². The van der Waals surface area contributed by atoms with Crippen LogP contribution >= 0.6 is 0 Å². The first kappa shape index (κ1) is 34.3. The molecular formula is C58H39BN2. The summed E-state index contributed by atoms with van der Waals surface area (Å²) in [5.41, 5.74) is 25.1. The summed E-state index contributed by atoms with van der Waals surface area (Å²) in [6.45, 7) is 2.29. The Labute approximate surface area is 357 Å². The molecule has 0 N–H and O–H groups in total. The predicted octanol–water partition coefficient (Wildman–Crippen LogP) is 13.9. The van der Waals surface area contributed by atoms with E-state index >= 15 is 0 Å². The van der Waals surface area contributed by atoms with Gasteiger partial charge in [0.2, 0.25) is 0 Å². The van der Waals surface area contributed by atoms with Crippen LogP contribution in [0.5, 0.6) is 0 Å². The summed E-state index contributed by atoms with van der Waals surface area (Å²) in [7, 11) is 0. The van der Waals surface area contributed by atoms with Crippen molar-refractivity contribution in [1.29, 1.82) is 0 Å². The van der Waals surface area contributed by atoms with Gasteiger partial charge in [-0.1, -0.05) is 164 Å². The fourth-order valence-corrected chi connectivity index (χ4v) is 11.2. The second-order valence-electron chi connectivity index (χ2n) is 16.9. The van der Waals surface area contributed by atoms with Crippen LogP contribution in [0.1, 0.15) is 40.3 Å². The zero-order chi connectivity index (χ0) is 40.2. The summed E-state index contributed by atoms with van der Waals surface area (Å²) in [6.07, 6.45) is 2.40. The number of fused-ring (bicyclic) bond motifs is 10. The predicted molar refractivity (Wildman–Crippen MR) is 256 cm³/mol. The maximum atomic E-state index is 2.59. The molecular weight excluding hydrogens is 735 g/mol. The fraction of sp³-hybridized carbons (Fsp3) is 0.0345. The van der Waals surface area contributed by atoms with Crippen LogP contribution in [0.2, 0.25) is 0 Å². The third-order valence-electron chi connectivity index (χ3n) is 13.9. The highest BCUT2D eigenvalue weighted by Gasteiger charge is 2.48. The van der Waals surface area contributed by atoms with Crippen molar-refractivity contribution in [2.75, 3.05) is 9.62 Å². The van der Waals surface area contributed by atoms with E-state index in [1.54, 1.807) is 0 Å². The average Bonchev–Trinajstić information content (AvgIpc) is 3.79. The van der Waals surface area contributed by atoms with Gasteiger partial charge in [0, 0.05) is 39.3 Å². The molecule has 3 heteroatoms. The molecule has 0 saturated heterocycles. The molecule has 2 heterocycles. The van der Waals surface area contributed by atoms with Crippen LogP contribution in [0, 0.1) is 0 Å². The number of nitrogens with zero attached hydrogens (tertiary/aromatic N) is 2. The van der Waals surface area contributed by atoms with Crippen molar-refractivity contribution >= 4 is 46.8 Å². The van der Waals surface area contributed by atoms with Crippen molar-refractivity contribution in [2.45, 2.75) is 12.3 Å². The minimum atomic E-state index is -0.311. The van der Waals surface area contributed by atoms with Crippen molar-refractivity contribution in [3.63, 3.8) is 0 Å². The standard InChI is InChI=1S/C58H39BN2/c1-58(53-29-14-12-25-46(53)47-26-13-15-30-54(47)58)39-32-34-56-52(37-39)49-28-16-27-48-51-36-38(35-50-44-23-10-8-21-42(44)43-22-9-11-24-45(43)50)31-33-55(51)60(40-17-4-2-5-18-40)59(57(48)49)61(56)41-19-6-3-7-20-41/h2-37H,1H3. The van der Waals surface area contributed by atoms with Crippen LogP contribution in [0.4, 0.5) is 22.7 Å². The third-order valence-corrected chi connectivity index (χ3v) is 13.9. The molecule has 284 valence electrons.